The van der Waals surface area contributed by atoms with Crippen molar-refractivity contribution < 1.29 is 0 Å². The standard InChI is InChI=1S/C9H14ClN5S/c1-6-5-16-3-2-15(6)8-7(10)4-12-9(13-8)14-11/h4,6H,2-3,5,11H2,1H3,(H,12,13,14). The summed E-state index contributed by atoms with van der Waals surface area (Å²) < 4.78 is 0. The van der Waals surface area contributed by atoms with E-state index in [2.05, 4.69) is 27.2 Å². The predicted octanol–water partition coefficient (Wildman–Crippen LogP) is 1.36. The van der Waals surface area contributed by atoms with Gasteiger partial charge in [-0.05, 0) is 6.92 Å². The van der Waals surface area contributed by atoms with E-state index in [0.29, 0.717) is 17.0 Å². The first-order valence-corrected chi connectivity index (χ1v) is 6.59. The number of nitrogens with zero attached hydrogens (tertiary/aromatic N) is 3. The second-order valence-corrected chi connectivity index (χ2v) is 5.18. The molecule has 1 aromatic heterocycles. The molecule has 0 aromatic carbocycles. The summed E-state index contributed by atoms with van der Waals surface area (Å²) >= 11 is 8.06. The van der Waals surface area contributed by atoms with Crippen LogP contribution in [0.1, 0.15) is 6.92 Å². The molecule has 1 fully saturated rings. The van der Waals surface area contributed by atoms with Crippen LogP contribution in [-0.2, 0) is 0 Å². The number of thioether (sulfide) groups is 1. The van der Waals surface area contributed by atoms with Gasteiger partial charge in [-0.15, -0.1) is 0 Å². The van der Waals surface area contributed by atoms with E-state index in [-0.39, 0.29) is 0 Å². The lowest BCUT2D eigenvalue weighted by molar-refractivity contribution is 0.689. The Morgan fingerprint density at radius 1 is 1.69 bits per heavy atom. The number of halogens is 1. The number of nitrogens with two attached hydrogens (primary N) is 1. The summed E-state index contributed by atoms with van der Waals surface area (Å²) in [5.41, 5.74) is 2.44. The highest BCUT2D eigenvalue weighted by Crippen LogP contribution is 2.28. The molecule has 7 heteroatoms. The fraction of sp³-hybridized carbons (Fsp3) is 0.556. The Kier molecular flexibility index (Phi) is 3.73. The fourth-order valence-electron chi connectivity index (χ4n) is 1.67. The number of rotatable bonds is 2. The first-order valence-electron chi connectivity index (χ1n) is 5.06. The summed E-state index contributed by atoms with van der Waals surface area (Å²) in [6.07, 6.45) is 1.58. The first kappa shape index (κ1) is 11.8. The second kappa shape index (κ2) is 5.07. The van der Waals surface area contributed by atoms with Gasteiger partial charge in [0.25, 0.3) is 0 Å². The molecular weight excluding hydrogens is 246 g/mol. The van der Waals surface area contributed by atoms with Gasteiger partial charge in [0.15, 0.2) is 5.82 Å². The minimum absolute atomic E-state index is 0.393. The quantitative estimate of drug-likeness (QED) is 0.618. The summed E-state index contributed by atoms with van der Waals surface area (Å²) in [5, 5.41) is 0.567. The predicted molar refractivity (Wildman–Crippen MR) is 69.0 cm³/mol. The van der Waals surface area contributed by atoms with Crippen molar-refractivity contribution in [1.29, 1.82) is 0 Å². The Labute approximate surface area is 104 Å². The van der Waals surface area contributed by atoms with E-state index < -0.39 is 0 Å². The smallest absolute Gasteiger partial charge is 0.239 e. The molecule has 3 N–H and O–H groups in total. The summed E-state index contributed by atoms with van der Waals surface area (Å²) in [7, 11) is 0. The van der Waals surface area contributed by atoms with Crippen LogP contribution < -0.4 is 16.2 Å². The molecule has 0 amide bonds. The average molecular weight is 260 g/mol. The monoisotopic (exact) mass is 259 g/mol. The van der Waals surface area contributed by atoms with Crippen molar-refractivity contribution in [3.05, 3.63) is 11.2 Å². The SMILES string of the molecule is CC1CSCCN1c1nc(NN)ncc1Cl. The van der Waals surface area contributed by atoms with Gasteiger partial charge in [-0.2, -0.15) is 16.7 Å². The van der Waals surface area contributed by atoms with Gasteiger partial charge in [0, 0.05) is 24.1 Å². The summed E-state index contributed by atoms with van der Waals surface area (Å²) in [6.45, 7) is 3.12. The topological polar surface area (TPSA) is 67.1 Å². The van der Waals surface area contributed by atoms with Crippen molar-refractivity contribution in [2.45, 2.75) is 13.0 Å². The number of hydrogen-bond acceptors (Lipinski definition) is 6. The highest BCUT2D eigenvalue weighted by atomic mass is 35.5. The third-order valence-corrected chi connectivity index (χ3v) is 3.95. The maximum absolute atomic E-state index is 6.11. The molecule has 1 aliphatic rings. The van der Waals surface area contributed by atoms with Crippen LogP contribution in [0, 0.1) is 0 Å². The van der Waals surface area contributed by atoms with Gasteiger partial charge in [0.1, 0.15) is 5.02 Å². The van der Waals surface area contributed by atoms with E-state index in [1.54, 1.807) is 6.20 Å². The maximum atomic E-state index is 6.11. The molecule has 1 aromatic rings. The Bertz CT molecular complexity index is 375. The summed E-state index contributed by atoms with van der Waals surface area (Å²) in [5.74, 6) is 8.63. The van der Waals surface area contributed by atoms with Crippen LogP contribution in [0.15, 0.2) is 6.20 Å². The maximum Gasteiger partial charge on any atom is 0.239 e. The zero-order valence-electron chi connectivity index (χ0n) is 8.98. The van der Waals surface area contributed by atoms with E-state index in [1.807, 2.05) is 11.8 Å². The van der Waals surface area contributed by atoms with E-state index >= 15 is 0 Å². The highest BCUT2D eigenvalue weighted by Gasteiger charge is 2.22. The van der Waals surface area contributed by atoms with Gasteiger partial charge >= 0.3 is 0 Å². The number of hydrazine groups is 1. The van der Waals surface area contributed by atoms with Crippen LogP contribution in [0.4, 0.5) is 11.8 Å². The molecule has 0 spiro atoms. The number of nitrogens with one attached hydrogen (secondary N) is 1. The van der Waals surface area contributed by atoms with Gasteiger partial charge in [0.2, 0.25) is 5.95 Å². The van der Waals surface area contributed by atoms with Crippen LogP contribution >= 0.6 is 23.4 Å². The number of nitrogen functional groups attached to an aromatic ring is 1. The van der Waals surface area contributed by atoms with Gasteiger partial charge in [-0.1, -0.05) is 11.6 Å². The molecule has 0 radical (unpaired) electrons. The molecule has 1 atom stereocenters. The molecule has 1 aliphatic heterocycles. The van der Waals surface area contributed by atoms with Crippen LogP contribution in [0.3, 0.4) is 0 Å². The van der Waals surface area contributed by atoms with Crippen molar-refractivity contribution in [1.82, 2.24) is 9.97 Å². The molecule has 0 saturated carbocycles. The second-order valence-electron chi connectivity index (χ2n) is 3.63. The molecule has 1 saturated heterocycles. The normalized spacial score (nSPS) is 20.9. The Balaban J connectivity index is 2.30. The number of aromatic nitrogens is 2. The van der Waals surface area contributed by atoms with Crippen molar-refractivity contribution >= 4 is 35.1 Å². The lowest BCUT2D eigenvalue weighted by Crippen LogP contribution is -2.41. The molecule has 5 nitrogen and oxygen atoms in total. The molecular formula is C9H14ClN5S. The first-order chi connectivity index (χ1) is 7.72. The molecule has 2 rings (SSSR count). The molecule has 0 bridgehead atoms. The molecule has 16 heavy (non-hydrogen) atoms. The van der Waals surface area contributed by atoms with Crippen molar-refractivity contribution in [3.8, 4) is 0 Å². The zero-order valence-corrected chi connectivity index (χ0v) is 10.6. The molecule has 2 heterocycles. The Morgan fingerprint density at radius 3 is 3.19 bits per heavy atom. The largest absolute Gasteiger partial charge is 0.351 e. The molecule has 88 valence electrons. The molecule has 1 unspecified atom stereocenters. The molecule has 0 aliphatic carbocycles. The Morgan fingerprint density at radius 2 is 2.50 bits per heavy atom. The number of hydrogen-bond donors (Lipinski definition) is 2. The minimum atomic E-state index is 0.393. The van der Waals surface area contributed by atoms with Gasteiger partial charge in [-0.25, -0.2) is 10.8 Å². The van der Waals surface area contributed by atoms with E-state index in [9.17, 15) is 0 Å². The van der Waals surface area contributed by atoms with Crippen molar-refractivity contribution in [3.63, 3.8) is 0 Å². The highest BCUT2D eigenvalue weighted by molar-refractivity contribution is 7.99. The third-order valence-electron chi connectivity index (χ3n) is 2.49. The van der Waals surface area contributed by atoms with Crippen LogP contribution in [0.5, 0.6) is 0 Å². The zero-order chi connectivity index (χ0) is 11.5. The van der Waals surface area contributed by atoms with Gasteiger partial charge in [0.05, 0.1) is 6.20 Å². The third kappa shape index (κ3) is 2.34. The minimum Gasteiger partial charge on any atom is -0.351 e. The van der Waals surface area contributed by atoms with Gasteiger partial charge < -0.3 is 4.90 Å². The van der Waals surface area contributed by atoms with Crippen LogP contribution in [0.2, 0.25) is 5.02 Å². The van der Waals surface area contributed by atoms with E-state index in [1.165, 1.54) is 0 Å². The number of anilines is 2. The Hall–Kier alpha value is -0.720. The van der Waals surface area contributed by atoms with Crippen molar-refractivity contribution in [2.24, 2.45) is 5.84 Å². The fourth-order valence-corrected chi connectivity index (χ4v) is 2.88. The van der Waals surface area contributed by atoms with E-state index in [4.69, 9.17) is 17.4 Å². The summed E-state index contributed by atoms with van der Waals surface area (Å²) in [6, 6.07) is 0.428. The lowest BCUT2D eigenvalue weighted by Gasteiger charge is -2.34. The van der Waals surface area contributed by atoms with Gasteiger partial charge in [-0.3, -0.25) is 5.43 Å². The summed E-state index contributed by atoms with van der Waals surface area (Å²) in [4.78, 5) is 10.5. The lowest BCUT2D eigenvalue weighted by atomic mass is 10.3. The van der Waals surface area contributed by atoms with Crippen LogP contribution in [-0.4, -0.2) is 34.1 Å². The van der Waals surface area contributed by atoms with Crippen LogP contribution in [0.25, 0.3) is 0 Å². The van der Waals surface area contributed by atoms with E-state index in [0.717, 1.165) is 23.9 Å². The average Bonchev–Trinajstić information content (AvgIpc) is 2.31. The van der Waals surface area contributed by atoms with Crippen molar-refractivity contribution in [2.75, 3.05) is 28.4 Å².